The van der Waals surface area contributed by atoms with Crippen LogP contribution < -0.4 is 4.90 Å². The van der Waals surface area contributed by atoms with Crippen molar-refractivity contribution in [2.24, 2.45) is 0 Å². The number of nitrogens with one attached hydrogen (secondary N) is 1. The number of pyridine rings is 1. The predicted octanol–water partition coefficient (Wildman–Crippen LogP) is 3.84. The molecule has 1 saturated heterocycles. The van der Waals surface area contributed by atoms with Crippen molar-refractivity contribution in [3.63, 3.8) is 0 Å². The largest absolute Gasteiger partial charge is 0.368 e. The van der Waals surface area contributed by atoms with Gasteiger partial charge in [-0.25, -0.2) is 4.98 Å². The van der Waals surface area contributed by atoms with Gasteiger partial charge in [-0.1, -0.05) is 36.9 Å². The average molecular weight is 360 g/mol. The van der Waals surface area contributed by atoms with Gasteiger partial charge in [0, 0.05) is 43.3 Å². The fourth-order valence-corrected chi connectivity index (χ4v) is 3.85. The first-order valence-electron chi connectivity index (χ1n) is 9.34. The van der Waals surface area contributed by atoms with E-state index >= 15 is 0 Å². The summed E-state index contributed by atoms with van der Waals surface area (Å²) in [6, 6.07) is 12.7. The molecule has 1 amide bonds. The molecule has 1 N–H and O–H groups in total. The smallest absolute Gasteiger partial charge is 0.246 e. The number of aromatic amines is 1. The highest BCUT2D eigenvalue weighted by Crippen LogP contribution is 2.31. The average Bonchev–Trinajstić information content (AvgIpc) is 3.16. The maximum atomic E-state index is 12.0. The number of anilines is 1. The second-order valence-corrected chi connectivity index (χ2v) is 7.05. The monoisotopic (exact) mass is 360 g/mol. The van der Waals surface area contributed by atoms with Gasteiger partial charge in [0.2, 0.25) is 5.91 Å². The van der Waals surface area contributed by atoms with E-state index in [-0.39, 0.29) is 11.9 Å². The molecule has 0 unspecified atom stereocenters. The number of carbonyl (C=O) groups is 1. The molecule has 138 valence electrons. The Labute approximate surface area is 159 Å². The van der Waals surface area contributed by atoms with Crippen LogP contribution in [0, 0.1) is 0 Å². The van der Waals surface area contributed by atoms with Gasteiger partial charge in [-0.2, -0.15) is 0 Å². The van der Waals surface area contributed by atoms with Crippen molar-refractivity contribution in [1.29, 1.82) is 0 Å². The van der Waals surface area contributed by atoms with Gasteiger partial charge >= 0.3 is 0 Å². The number of carbonyl (C=O) groups excluding carboxylic acids is 1. The minimum absolute atomic E-state index is 0.0209. The third kappa shape index (κ3) is 3.33. The van der Waals surface area contributed by atoms with Crippen LogP contribution in [0.2, 0.25) is 0 Å². The number of nitrogens with zero attached hydrogens (tertiary/aromatic N) is 3. The Hall–Kier alpha value is -3.08. The molecule has 1 aliphatic rings. The van der Waals surface area contributed by atoms with E-state index in [0.717, 1.165) is 48.2 Å². The van der Waals surface area contributed by atoms with Gasteiger partial charge in [-0.3, -0.25) is 4.79 Å². The van der Waals surface area contributed by atoms with E-state index in [4.69, 9.17) is 0 Å². The number of hydrogen-bond donors (Lipinski definition) is 1. The van der Waals surface area contributed by atoms with Gasteiger partial charge in [0.05, 0.1) is 11.9 Å². The van der Waals surface area contributed by atoms with Crippen LogP contribution in [0.15, 0.2) is 61.4 Å². The number of fused-ring (bicyclic) bond motifs is 1. The van der Waals surface area contributed by atoms with Crippen molar-refractivity contribution in [3.05, 3.63) is 61.4 Å². The number of benzene rings is 1. The van der Waals surface area contributed by atoms with Crippen LogP contribution in [0.25, 0.3) is 22.2 Å². The summed E-state index contributed by atoms with van der Waals surface area (Å²) in [5, 5.41) is 1.12. The van der Waals surface area contributed by atoms with Gasteiger partial charge in [-0.05, 0) is 30.5 Å². The van der Waals surface area contributed by atoms with Crippen LogP contribution in [0.3, 0.4) is 0 Å². The van der Waals surface area contributed by atoms with E-state index in [1.165, 1.54) is 11.6 Å². The Balaban J connectivity index is 1.64. The molecule has 0 aliphatic carbocycles. The van der Waals surface area contributed by atoms with Crippen LogP contribution in [-0.4, -0.2) is 47.0 Å². The molecule has 1 atom stereocenters. The van der Waals surface area contributed by atoms with Crippen molar-refractivity contribution in [2.45, 2.75) is 18.9 Å². The first-order valence-corrected chi connectivity index (χ1v) is 9.34. The van der Waals surface area contributed by atoms with E-state index in [9.17, 15) is 4.79 Å². The number of H-pyrrole nitrogens is 1. The highest BCUT2D eigenvalue weighted by Gasteiger charge is 2.25. The van der Waals surface area contributed by atoms with Crippen molar-refractivity contribution in [3.8, 4) is 11.1 Å². The van der Waals surface area contributed by atoms with Gasteiger partial charge in [0.1, 0.15) is 5.65 Å². The van der Waals surface area contributed by atoms with Crippen LogP contribution in [0.4, 0.5) is 5.69 Å². The lowest BCUT2D eigenvalue weighted by Gasteiger charge is -2.38. The summed E-state index contributed by atoms with van der Waals surface area (Å²) in [6.45, 7) is 5.39. The van der Waals surface area contributed by atoms with Crippen LogP contribution in [0.5, 0.6) is 0 Å². The molecule has 2 aromatic heterocycles. The molecular formula is C22H24N4O. The first-order chi connectivity index (χ1) is 13.2. The normalized spacial score (nSPS) is 17.1. The summed E-state index contributed by atoms with van der Waals surface area (Å²) in [4.78, 5) is 24.0. The summed E-state index contributed by atoms with van der Waals surface area (Å²) in [6.07, 6.45) is 7.40. The van der Waals surface area contributed by atoms with Gasteiger partial charge < -0.3 is 14.8 Å². The summed E-state index contributed by atoms with van der Waals surface area (Å²) < 4.78 is 0. The summed E-state index contributed by atoms with van der Waals surface area (Å²) >= 11 is 0. The molecule has 3 aromatic rings. The summed E-state index contributed by atoms with van der Waals surface area (Å²) in [7, 11) is 1.86. The van der Waals surface area contributed by atoms with Crippen LogP contribution in [0.1, 0.15) is 12.8 Å². The van der Waals surface area contributed by atoms with Crippen LogP contribution >= 0.6 is 0 Å². The molecule has 0 spiro atoms. The second-order valence-electron chi connectivity index (χ2n) is 7.05. The highest BCUT2D eigenvalue weighted by molar-refractivity contribution is 5.95. The quantitative estimate of drug-likeness (QED) is 0.719. The fraction of sp³-hybridized carbons (Fsp3) is 0.273. The second kappa shape index (κ2) is 7.27. The Morgan fingerprint density at radius 1 is 1.37 bits per heavy atom. The zero-order chi connectivity index (χ0) is 18.8. The molecule has 0 saturated carbocycles. The Morgan fingerprint density at radius 3 is 2.96 bits per heavy atom. The van der Waals surface area contributed by atoms with Crippen molar-refractivity contribution < 1.29 is 4.79 Å². The third-order valence-electron chi connectivity index (χ3n) is 5.43. The van der Waals surface area contributed by atoms with Gasteiger partial charge in [-0.15, -0.1) is 0 Å². The standard InChI is InChI=1S/C22H24N4O/c1-3-21(27)25(2)17-10-7-11-26(15-17)18-12-19-20(14-24-22(19)23-13-18)16-8-5-4-6-9-16/h3-6,8-9,12-14,17H,1,7,10-11,15H2,2H3,(H,23,24)/t17-/m0/s1. The van der Waals surface area contributed by atoms with E-state index < -0.39 is 0 Å². The molecular weight excluding hydrogens is 336 g/mol. The van der Waals surface area contributed by atoms with E-state index in [1.54, 1.807) is 4.90 Å². The van der Waals surface area contributed by atoms with Crippen molar-refractivity contribution >= 4 is 22.6 Å². The molecule has 1 aromatic carbocycles. The molecule has 4 rings (SSSR count). The van der Waals surface area contributed by atoms with E-state index in [2.05, 4.69) is 39.6 Å². The summed E-state index contributed by atoms with van der Waals surface area (Å²) in [5.74, 6) is -0.0209. The number of likely N-dealkylation sites (N-methyl/N-ethyl adjacent to an activating group) is 1. The zero-order valence-corrected chi connectivity index (χ0v) is 15.6. The lowest BCUT2D eigenvalue weighted by Crippen LogP contribution is -2.48. The van der Waals surface area contributed by atoms with Gasteiger partial charge in [0.15, 0.2) is 0 Å². The van der Waals surface area contributed by atoms with Crippen molar-refractivity contribution in [1.82, 2.24) is 14.9 Å². The number of rotatable bonds is 4. The van der Waals surface area contributed by atoms with Crippen LogP contribution in [-0.2, 0) is 4.79 Å². The molecule has 0 radical (unpaired) electrons. The Kier molecular flexibility index (Phi) is 4.67. The van der Waals surface area contributed by atoms with Crippen molar-refractivity contribution in [2.75, 3.05) is 25.0 Å². The number of piperidine rings is 1. The fourth-order valence-electron chi connectivity index (χ4n) is 3.85. The number of hydrogen-bond acceptors (Lipinski definition) is 3. The minimum atomic E-state index is -0.0209. The van der Waals surface area contributed by atoms with Gasteiger partial charge in [0.25, 0.3) is 0 Å². The summed E-state index contributed by atoms with van der Waals surface area (Å²) in [5.41, 5.74) is 4.33. The molecule has 5 nitrogen and oxygen atoms in total. The Morgan fingerprint density at radius 2 is 2.19 bits per heavy atom. The topological polar surface area (TPSA) is 52.2 Å². The number of amides is 1. The predicted molar refractivity (Wildman–Crippen MR) is 110 cm³/mol. The minimum Gasteiger partial charge on any atom is -0.368 e. The number of aromatic nitrogens is 2. The maximum Gasteiger partial charge on any atom is 0.246 e. The SMILES string of the molecule is C=CC(=O)N(C)[C@H]1CCCN(c2cnc3[nH]cc(-c4ccccc4)c3c2)C1. The van der Waals surface area contributed by atoms with E-state index in [0.29, 0.717) is 0 Å². The zero-order valence-electron chi connectivity index (χ0n) is 15.6. The molecule has 27 heavy (non-hydrogen) atoms. The molecule has 1 fully saturated rings. The molecule has 0 bridgehead atoms. The highest BCUT2D eigenvalue weighted by atomic mass is 16.2. The molecule has 3 heterocycles. The maximum absolute atomic E-state index is 12.0. The Bertz CT molecular complexity index is 963. The lowest BCUT2D eigenvalue weighted by molar-refractivity contribution is -0.126. The first kappa shape index (κ1) is 17.3. The molecule has 5 heteroatoms. The lowest BCUT2D eigenvalue weighted by atomic mass is 10.0. The molecule has 1 aliphatic heterocycles. The third-order valence-corrected chi connectivity index (χ3v) is 5.43. The van der Waals surface area contributed by atoms with E-state index in [1.807, 2.05) is 37.6 Å².